The first-order valence-corrected chi connectivity index (χ1v) is 8.16. The van der Waals surface area contributed by atoms with Crippen molar-refractivity contribution >= 4 is 5.91 Å². The third-order valence-corrected chi connectivity index (χ3v) is 3.83. The summed E-state index contributed by atoms with van der Waals surface area (Å²) in [4.78, 5) is 16.3. The molecule has 0 aromatic carbocycles. The Labute approximate surface area is 149 Å². The maximum Gasteiger partial charge on any atom is 0.287 e. The molecule has 0 fully saturated rings. The molecule has 0 aliphatic rings. The Hall–Kier alpha value is -2.94. The lowest BCUT2D eigenvalue weighted by Gasteiger charge is -2.01. The van der Waals surface area contributed by atoms with E-state index in [-0.39, 0.29) is 18.3 Å². The number of ether oxygens (including phenoxy) is 1. The highest BCUT2D eigenvalue weighted by Gasteiger charge is 2.15. The fourth-order valence-corrected chi connectivity index (χ4v) is 2.47. The molecule has 0 aliphatic heterocycles. The molecule has 9 nitrogen and oxygen atoms in total. The van der Waals surface area contributed by atoms with Crippen LogP contribution in [0.25, 0.3) is 0 Å². The van der Waals surface area contributed by atoms with Crippen LogP contribution in [0.5, 0.6) is 0 Å². The fourth-order valence-electron chi connectivity index (χ4n) is 2.47. The highest BCUT2D eigenvalue weighted by atomic mass is 16.5. The van der Waals surface area contributed by atoms with Gasteiger partial charge in [0.15, 0.2) is 11.6 Å². The predicted octanol–water partition coefficient (Wildman–Crippen LogP) is 1.98. The minimum absolute atomic E-state index is 0.250. The highest BCUT2D eigenvalue weighted by molar-refractivity contribution is 5.91. The highest BCUT2D eigenvalue weighted by Crippen LogP contribution is 2.19. The van der Waals surface area contributed by atoms with Gasteiger partial charge in [0.2, 0.25) is 0 Å². The Balaban J connectivity index is 1.51. The number of nitrogens with one attached hydrogen (secondary N) is 1. The standard InChI is InChI=1S/C17H20N4O5/c1-10-13(11(2)25-20-10)8-12-4-5-14(24-12)17(22)18-7-6-15-19-16(9-23-3)26-21-15/h4-5H,6-9H2,1-3H3,(H,18,22). The quantitative estimate of drug-likeness (QED) is 0.648. The monoisotopic (exact) mass is 360 g/mol. The second-order valence-corrected chi connectivity index (χ2v) is 5.79. The van der Waals surface area contributed by atoms with Crippen LogP contribution in [0.1, 0.15) is 45.0 Å². The van der Waals surface area contributed by atoms with Gasteiger partial charge in [-0.15, -0.1) is 0 Å². The molecule has 0 radical (unpaired) electrons. The molecule has 0 bridgehead atoms. The van der Waals surface area contributed by atoms with Gasteiger partial charge in [-0.25, -0.2) is 0 Å². The Morgan fingerprint density at radius 3 is 2.81 bits per heavy atom. The van der Waals surface area contributed by atoms with Gasteiger partial charge in [0.25, 0.3) is 11.8 Å². The van der Waals surface area contributed by atoms with Crippen LogP contribution in [-0.2, 0) is 24.2 Å². The van der Waals surface area contributed by atoms with E-state index in [0.717, 1.165) is 17.0 Å². The fraction of sp³-hybridized carbons (Fsp3) is 0.412. The van der Waals surface area contributed by atoms with E-state index in [1.54, 1.807) is 19.2 Å². The van der Waals surface area contributed by atoms with E-state index in [0.29, 0.717) is 36.9 Å². The number of aromatic nitrogens is 3. The Morgan fingerprint density at radius 1 is 1.23 bits per heavy atom. The summed E-state index contributed by atoms with van der Waals surface area (Å²) < 4.78 is 20.7. The molecule has 3 rings (SSSR count). The first-order valence-electron chi connectivity index (χ1n) is 8.16. The summed E-state index contributed by atoms with van der Waals surface area (Å²) in [6.45, 7) is 4.35. The van der Waals surface area contributed by atoms with Gasteiger partial charge in [-0.05, 0) is 26.0 Å². The average molecular weight is 360 g/mol. The van der Waals surface area contributed by atoms with Crippen LogP contribution in [0.15, 0.2) is 25.6 Å². The number of rotatable bonds is 8. The van der Waals surface area contributed by atoms with E-state index in [1.807, 2.05) is 13.8 Å². The van der Waals surface area contributed by atoms with E-state index in [1.165, 1.54) is 0 Å². The molecule has 9 heteroatoms. The molecule has 0 unspecified atom stereocenters. The van der Waals surface area contributed by atoms with Gasteiger partial charge in [-0.3, -0.25) is 4.79 Å². The molecule has 0 atom stereocenters. The molecular formula is C17H20N4O5. The smallest absolute Gasteiger partial charge is 0.287 e. The van der Waals surface area contributed by atoms with Crippen LogP contribution in [0.3, 0.4) is 0 Å². The second-order valence-electron chi connectivity index (χ2n) is 5.79. The molecule has 3 aromatic heterocycles. The van der Waals surface area contributed by atoms with Gasteiger partial charge < -0.3 is 23.5 Å². The van der Waals surface area contributed by atoms with Crippen molar-refractivity contribution in [1.29, 1.82) is 0 Å². The van der Waals surface area contributed by atoms with Crippen LogP contribution in [0, 0.1) is 13.8 Å². The lowest BCUT2D eigenvalue weighted by molar-refractivity contribution is 0.0924. The molecule has 26 heavy (non-hydrogen) atoms. The number of nitrogens with zero attached hydrogens (tertiary/aromatic N) is 3. The van der Waals surface area contributed by atoms with Crippen molar-refractivity contribution in [3.05, 3.63) is 52.4 Å². The third kappa shape index (κ3) is 4.17. The van der Waals surface area contributed by atoms with Crippen molar-refractivity contribution < 1.29 is 23.0 Å². The number of amides is 1. The number of furan rings is 1. The van der Waals surface area contributed by atoms with Crippen LogP contribution in [0.4, 0.5) is 0 Å². The minimum atomic E-state index is -0.296. The number of carbonyl (C=O) groups is 1. The molecule has 0 saturated heterocycles. The van der Waals surface area contributed by atoms with E-state index in [2.05, 4.69) is 20.6 Å². The van der Waals surface area contributed by atoms with Crippen LogP contribution < -0.4 is 5.32 Å². The summed E-state index contributed by atoms with van der Waals surface area (Å²) in [5.41, 5.74) is 1.79. The average Bonchev–Trinajstić information content (AvgIpc) is 3.33. The van der Waals surface area contributed by atoms with Crippen molar-refractivity contribution in [2.75, 3.05) is 13.7 Å². The predicted molar refractivity (Wildman–Crippen MR) is 88.5 cm³/mol. The van der Waals surface area contributed by atoms with E-state index in [9.17, 15) is 4.79 Å². The van der Waals surface area contributed by atoms with Gasteiger partial charge in [-0.2, -0.15) is 4.98 Å². The third-order valence-electron chi connectivity index (χ3n) is 3.83. The van der Waals surface area contributed by atoms with E-state index >= 15 is 0 Å². The summed E-state index contributed by atoms with van der Waals surface area (Å²) in [5.74, 6) is 2.29. The zero-order valence-electron chi connectivity index (χ0n) is 14.9. The largest absolute Gasteiger partial charge is 0.456 e. The number of aryl methyl sites for hydroxylation is 2. The molecule has 0 saturated carbocycles. The normalized spacial score (nSPS) is 11.0. The summed E-state index contributed by atoms with van der Waals surface area (Å²) in [5, 5.41) is 10.5. The van der Waals surface area contributed by atoms with Crippen LogP contribution in [-0.4, -0.2) is 34.9 Å². The van der Waals surface area contributed by atoms with Crippen molar-refractivity contribution in [2.24, 2.45) is 0 Å². The first-order chi connectivity index (χ1) is 12.6. The number of hydrogen-bond acceptors (Lipinski definition) is 8. The van der Waals surface area contributed by atoms with Crippen molar-refractivity contribution in [1.82, 2.24) is 20.6 Å². The number of carbonyl (C=O) groups excluding carboxylic acids is 1. The first kappa shape index (κ1) is 17.9. The Morgan fingerprint density at radius 2 is 2.08 bits per heavy atom. The molecule has 1 N–H and O–H groups in total. The molecule has 1 amide bonds. The lowest BCUT2D eigenvalue weighted by atomic mass is 10.1. The molecule has 0 spiro atoms. The van der Waals surface area contributed by atoms with Gasteiger partial charge in [0, 0.05) is 32.1 Å². The number of hydrogen-bond donors (Lipinski definition) is 1. The van der Waals surface area contributed by atoms with Gasteiger partial charge >= 0.3 is 0 Å². The minimum Gasteiger partial charge on any atom is -0.456 e. The zero-order valence-corrected chi connectivity index (χ0v) is 14.9. The topological polar surface area (TPSA) is 116 Å². The van der Waals surface area contributed by atoms with Gasteiger partial charge in [-0.1, -0.05) is 10.3 Å². The van der Waals surface area contributed by atoms with E-state index in [4.69, 9.17) is 18.2 Å². The van der Waals surface area contributed by atoms with Crippen molar-refractivity contribution in [2.45, 2.75) is 33.3 Å². The molecule has 3 heterocycles. The molecule has 0 aliphatic carbocycles. The summed E-state index contributed by atoms with van der Waals surface area (Å²) >= 11 is 0. The summed E-state index contributed by atoms with van der Waals surface area (Å²) in [7, 11) is 1.55. The molecule has 3 aromatic rings. The lowest BCUT2D eigenvalue weighted by Crippen LogP contribution is -2.25. The number of methoxy groups -OCH3 is 1. The van der Waals surface area contributed by atoms with Crippen molar-refractivity contribution in [3.8, 4) is 0 Å². The van der Waals surface area contributed by atoms with Gasteiger partial charge in [0.05, 0.1) is 5.69 Å². The Kier molecular flexibility index (Phi) is 5.47. The van der Waals surface area contributed by atoms with Crippen molar-refractivity contribution in [3.63, 3.8) is 0 Å². The summed E-state index contributed by atoms with van der Waals surface area (Å²) in [6, 6.07) is 3.42. The van der Waals surface area contributed by atoms with Crippen LogP contribution >= 0.6 is 0 Å². The zero-order chi connectivity index (χ0) is 18.5. The maximum absolute atomic E-state index is 12.2. The molecular weight excluding hydrogens is 340 g/mol. The maximum atomic E-state index is 12.2. The van der Waals surface area contributed by atoms with Crippen LogP contribution in [0.2, 0.25) is 0 Å². The Bertz CT molecular complexity index is 860. The molecule has 138 valence electrons. The van der Waals surface area contributed by atoms with E-state index < -0.39 is 0 Å². The SMILES string of the molecule is COCc1nc(CCNC(=O)c2ccc(Cc3c(C)noc3C)o2)no1. The van der Waals surface area contributed by atoms with Gasteiger partial charge in [0.1, 0.15) is 18.1 Å². The summed E-state index contributed by atoms with van der Waals surface area (Å²) in [6.07, 6.45) is 0.977. The second kappa shape index (κ2) is 7.96.